The summed E-state index contributed by atoms with van der Waals surface area (Å²) < 4.78 is 76.5. The van der Waals surface area contributed by atoms with Gasteiger partial charge in [-0.15, -0.1) is 0 Å². The van der Waals surface area contributed by atoms with Crippen LogP contribution in [0.3, 0.4) is 0 Å². The Bertz CT molecular complexity index is 605. The number of rotatable bonds is 4. The molecule has 10 heteroatoms. The molecule has 2 amide bonds. The van der Waals surface area contributed by atoms with E-state index in [1.807, 2.05) is 5.32 Å². The molecule has 1 aromatic rings. The van der Waals surface area contributed by atoms with Crippen LogP contribution in [0.25, 0.3) is 0 Å². The van der Waals surface area contributed by atoms with E-state index in [1.54, 1.807) is 0 Å². The van der Waals surface area contributed by atoms with Crippen molar-refractivity contribution in [1.29, 1.82) is 0 Å². The zero-order valence-electron chi connectivity index (χ0n) is 12.5. The van der Waals surface area contributed by atoms with Crippen LogP contribution in [0.15, 0.2) is 18.2 Å². The molecule has 0 aliphatic rings. The lowest BCUT2D eigenvalue weighted by Crippen LogP contribution is -2.47. The average molecular weight is 356 g/mol. The van der Waals surface area contributed by atoms with E-state index in [0.29, 0.717) is 0 Å². The molecule has 0 spiro atoms. The molecule has 1 rings (SSSR count). The molecule has 0 aliphatic carbocycles. The van der Waals surface area contributed by atoms with Crippen LogP contribution in [-0.4, -0.2) is 17.9 Å². The Morgan fingerprint density at radius 2 is 1.38 bits per heavy atom. The standard InChI is InChI=1S/C14H14F6N2O2/c1-6(2)10(11(21)23)22-12(24)7-3-8(13(15,16)17)5-9(4-7)14(18,19)20/h3-6,10H,1-2H3,(H2,21,23)(H,22,24)/t10-/m1/s1. The van der Waals surface area contributed by atoms with Crippen molar-refractivity contribution in [2.24, 2.45) is 11.7 Å². The van der Waals surface area contributed by atoms with E-state index in [9.17, 15) is 35.9 Å². The van der Waals surface area contributed by atoms with E-state index in [-0.39, 0.29) is 18.2 Å². The number of carbonyl (C=O) groups excluding carboxylic acids is 2. The summed E-state index contributed by atoms with van der Waals surface area (Å²) in [6.07, 6.45) is -10.1. The Morgan fingerprint density at radius 3 is 1.67 bits per heavy atom. The smallest absolute Gasteiger partial charge is 0.368 e. The van der Waals surface area contributed by atoms with Gasteiger partial charge in [-0.2, -0.15) is 26.3 Å². The quantitative estimate of drug-likeness (QED) is 0.814. The van der Waals surface area contributed by atoms with E-state index in [4.69, 9.17) is 5.73 Å². The number of nitrogens with two attached hydrogens (primary N) is 1. The Labute approximate surface area is 133 Å². The molecule has 4 nitrogen and oxygen atoms in total. The molecule has 1 atom stereocenters. The summed E-state index contributed by atoms with van der Waals surface area (Å²) in [5.74, 6) is -2.72. The van der Waals surface area contributed by atoms with Gasteiger partial charge in [-0.1, -0.05) is 13.8 Å². The molecule has 0 fully saturated rings. The molecule has 0 bridgehead atoms. The van der Waals surface area contributed by atoms with Crippen LogP contribution in [0.4, 0.5) is 26.3 Å². The van der Waals surface area contributed by atoms with Gasteiger partial charge < -0.3 is 11.1 Å². The second-order valence-corrected chi connectivity index (χ2v) is 5.39. The van der Waals surface area contributed by atoms with Crippen molar-refractivity contribution < 1.29 is 35.9 Å². The minimum Gasteiger partial charge on any atom is -0.368 e. The number of nitrogens with one attached hydrogen (secondary N) is 1. The highest BCUT2D eigenvalue weighted by Gasteiger charge is 2.37. The van der Waals surface area contributed by atoms with Crippen molar-refractivity contribution in [2.45, 2.75) is 32.2 Å². The van der Waals surface area contributed by atoms with Gasteiger partial charge in [0.1, 0.15) is 6.04 Å². The van der Waals surface area contributed by atoms with Gasteiger partial charge in [-0.3, -0.25) is 9.59 Å². The van der Waals surface area contributed by atoms with E-state index in [0.717, 1.165) is 0 Å². The van der Waals surface area contributed by atoms with Gasteiger partial charge in [0.25, 0.3) is 5.91 Å². The third-order valence-electron chi connectivity index (χ3n) is 3.11. The minimum atomic E-state index is -5.07. The zero-order chi connectivity index (χ0) is 18.9. The molecule has 0 aliphatic heterocycles. The minimum absolute atomic E-state index is 0.0925. The maximum Gasteiger partial charge on any atom is 0.416 e. The fourth-order valence-corrected chi connectivity index (χ4v) is 1.88. The van der Waals surface area contributed by atoms with Crippen LogP contribution in [0.2, 0.25) is 0 Å². The normalized spacial score (nSPS) is 13.7. The Kier molecular flexibility index (Phi) is 5.52. The van der Waals surface area contributed by atoms with Crippen molar-refractivity contribution in [3.8, 4) is 0 Å². The summed E-state index contributed by atoms with van der Waals surface area (Å²) in [5, 5.41) is 2.04. The first kappa shape index (κ1) is 19.8. The zero-order valence-corrected chi connectivity index (χ0v) is 12.5. The molecule has 0 saturated heterocycles. The maximum absolute atomic E-state index is 12.7. The van der Waals surface area contributed by atoms with Crippen LogP contribution in [0.1, 0.15) is 35.3 Å². The first-order valence-corrected chi connectivity index (χ1v) is 6.63. The summed E-state index contributed by atoms with van der Waals surface area (Å²) >= 11 is 0. The monoisotopic (exact) mass is 356 g/mol. The van der Waals surface area contributed by atoms with Gasteiger partial charge in [-0.05, 0) is 24.1 Å². The second-order valence-electron chi connectivity index (χ2n) is 5.39. The molecule has 0 saturated carbocycles. The van der Waals surface area contributed by atoms with E-state index >= 15 is 0 Å². The van der Waals surface area contributed by atoms with Crippen molar-refractivity contribution in [3.63, 3.8) is 0 Å². The number of benzene rings is 1. The Morgan fingerprint density at radius 1 is 0.958 bits per heavy atom. The topological polar surface area (TPSA) is 72.2 Å². The van der Waals surface area contributed by atoms with Crippen LogP contribution in [0, 0.1) is 5.92 Å². The Hall–Kier alpha value is -2.26. The molecule has 0 heterocycles. The lowest BCUT2D eigenvalue weighted by atomic mass is 10.0. The SMILES string of the molecule is CC(C)[C@@H](NC(=O)c1cc(C(F)(F)F)cc(C(F)(F)F)c1)C(N)=O. The fraction of sp³-hybridized carbons (Fsp3) is 0.429. The third kappa shape index (κ3) is 4.87. The van der Waals surface area contributed by atoms with Crippen molar-refractivity contribution in [1.82, 2.24) is 5.32 Å². The molecule has 134 valence electrons. The van der Waals surface area contributed by atoms with E-state index < -0.39 is 52.8 Å². The number of primary amides is 1. The molecule has 3 N–H and O–H groups in total. The largest absolute Gasteiger partial charge is 0.416 e. The van der Waals surface area contributed by atoms with Crippen LogP contribution in [-0.2, 0) is 17.1 Å². The highest BCUT2D eigenvalue weighted by Crippen LogP contribution is 2.36. The molecular formula is C14H14F6N2O2. The first-order chi connectivity index (χ1) is 10.7. The molecular weight excluding hydrogens is 342 g/mol. The Balaban J connectivity index is 3.32. The molecule has 0 unspecified atom stereocenters. The predicted octanol–water partition coefficient (Wildman–Crippen LogP) is 2.96. The van der Waals surface area contributed by atoms with Crippen LogP contribution >= 0.6 is 0 Å². The predicted molar refractivity (Wildman–Crippen MR) is 71.7 cm³/mol. The summed E-state index contributed by atoms with van der Waals surface area (Å²) in [5.41, 5.74) is 0.932. The van der Waals surface area contributed by atoms with Gasteiger partial charge in [0.15, 0.2) is 0 Å². The number of carbonyl (C=O) groups is 2. The van der Waals surface area contributed by atoms with Crippen molar-refractivity contribution >= 4 is 11.8 Å². The van der Waals surface area contributed by atoms with Crippen LogP contribution in [0.5, 0.6) is 0 Å². The van der Waals surface area contributed by atoms with Crippen molar-refractivity contribution in [3.05, 3.63) is 34.9 Å². The maximum atomic E-state index is 12.7. The van der Waals surface area contributed by atoms with Crippen molar-refractivity contribution in [2.75, 3.05) is 0 Å². The lowest BCUT2D eigenvalue weighted by Gasteiger charge is -2.20. The number of hydrogen-bond acceptors (Lipinski definition) is 2. The third-order valence-corrected chi connectivity index (χ3v) is 3.11. The number of amides is 2. The van der Waals surface area contributed by atoms with Crippen LogP contribution < -0.4 is 11.1 Å². The number of halogens is 6. The lowest BCUT2D eigenvalue weighted by molar-refractivity contribution is -0.143. The summed E-state index contributed by atoms with van der Waals surface area (Å²) in [7, 11) is 0. The van der Waals surface area contributed by atoms with Gasteiger partial charge in [-0.25, -0.2) is 0 Å². The second kappa shape index (κ2) is 6.70. The highest BCUT2D eigenvalue weighted by atomic mass is 19.4. The summed E-state index contributed by atoms with van der Waals surface area (Å²) in [6.45, 7) is 3.01. The summed E-state index contributed by atoms with van der Waals surface area (Å²) in [6, 6.07) is -0.766. The van der Waals surface area contributed by atoms with Gasteiger partial charge in [0.2, 0.25) is 5.91 Å². The molecule has 0 aromatic heterocycles. The molecule has 0 radical (unpaired) electrons. The highest BCUT2D eigenvalue weighted by molar-refractivity contribution is 5.97. The average Bonchev–Trinajstić information content (AvgIpc) is 2.41. The van der Waals surface area contributed by atoms with Gasteiger partial charge in [0, 0.05) is 5.56 Å². The van der Waals surface area contributed by atoms with E-state index in [2.05, 4.69) is 0 Å². The first-order valence-electron chi connectivity index (χ1n) is 6.63. The van der Waals surface area contributed by atoms with E-state index in [1.165, 1.54) is 13.8 Å². The van der Waals surface area contributed by atoms with Gasteiger partial charge in [0.05, 0.1) is 11.1 Å². The molecule has 24 heavy (non-hydrogen) atoms. The molecule has 1 aromatic carbocycles. The van der Waals surface area contributed by atoms with Gasteiger partial charge >= 0.3 is 12.4 Å². The number of alkyl halides is 6. The summed E-state index contributed by atoms with van der Waals surface area (Å²) in [4.78, 5) is 23.2. The number of hydrogen-bond donors (Lipinski definition) is 2. The fourth-order valence-electron chi connectivity index (χ4n) is 1.88.